The van der Waals surface area contributed by atoms with Crippen LogP contribution in [0.4, 0.5) is 23.4 Å². The molecule has 1 amide bonds. The minimum absolute atomic E-state index is 0.0287. The molecule has 1 aliphatic heterocycles. The van der Waals surface area contributed by atoms with E-state index in [1.54, 1.807) is 17.0 Å². The molecule has 0 unspecified atom stereocenters. The molecule has 35 heavy (non-hydrogen) atoms. The highest BCUT2D eigenvalue weighted by Gasteiger charge is 2.35. The molecule has 0 radical (unpaired) electrons. The van der Waals surface area contributed by atoms with Gasteiger partial charge in [-0.1, -0.05) is 23.7 Å². The van der Waals surface area contributed by atoms with Crippen molar-refractivity contribution >= 4 is 23.3 Å². The predicted octanol–water partition coefficient (Wildman–Crippen LogP) is 6.84. The Balaban J connectivity index is 1.50. The number of benzene rings is 2. The van der Waals surface area contributed by atoms with E-state index in [4.69, 9.17) is 11.6 Å². The van der Waals surface area contributed by atoms with Crippen LogP contribution in [-0.2, 0) is 12.6 Å². The molecule has 1 saturated heterocycles. The molecule has 4 rings (SSSR count). The van der Waals surface area contributed by atoms with E-state index in [0.29, 0.717) is 42.5 Å². The zero-order chi connectivity index (χ0) is 25.0. The van der Waals surface area contributed by atoms with Crippen molar-refractivity contribution in [1.82, 2.24) is 9.88 Å². The van der Waals surface area contributed by atoms with Gasteiger partial charge >= 0.3 is 6.18 Å². The summed E-state index contributed by atoms with van der Waals surface area (Å²) in [4.78, 5) is 18.5. The second kappa shape index (κ2) is 10.6. The molecule has 1 aliphatic rings. The molecular weight excluding hydrogens is 482 g/mol. The number of carbonyl (C=O) groups is 1. The number of halogens is 5. The minimum Gasteiger partial charge on any atom is -0.370 e. The van der Waals surface area contributed by atoms with Crippen molar-refractivity contribution < 1.29 is 22.4 Å². The molecule has 0 spiro atoms. The van der Waals surface area contributed by atoms with Gasteiger partial charge in [0.15, 0.2) is 0 Å². The van der Waals surface area contributed by atoms with Crippen LogP contribution >= 0.6 is 11.6 Å². The zero-order valence-electron chi connectivity index (χ0n) is 18.8. The van der Waals surface area contributed by atoms with Gasteiger partial charge in [-0.3, -0.25) is 4.79 Å². The number of piperidine rings is 1. The summed E-state index contributed by atoms with van der Waals surface area (Å²) in [5.41, 5.74) is -0.243. The van der Waals surface area contributed by atoms with Crippen LogP contribution in [0.1, 0.15) is 40.7 Å². The molecule has 4 nitrogen and oxygen atoms in total. The van der Waals surface area contributed by atoms with E-state index < -0.39 is 17.6 Å². The third kappa shape index (κ3) is 5.93. The van der Waals surface area contributed by atoms with Gasteiger partial charge in [0.25, 0.3) is 5.91 Å². The fourth-order valence-electron chi connectivity index (χ4n) is 4.19. The van der Waals surface area contributed by atoms with Crippen molar-refractivity contribution in [2.75, 3.05) is 25.0 Å². The van der Waals surface area contributed by atoms with Gasteiger partial charge in [-0.2, -0.15) is 13.2 Å². The van der Waals surface area contributed by atoms with Gasteiger partial charge in [-0.25, -0.2) is 9.37 Å². The van der Waals surface area contributed by atoms with E-state index in [9.17, 15) is 22.4 Å². The van der Waals surface area contributed by atoms with E-state index >= 15 is 0 Å². The molecule has 1 fully saturated rings. The van der Waals surface area contributed by atoms with Gasteiger partial charge in [-0.05, 0) is 67.6 Å². The number of amides is 1. The largest absolute Gasteiger partial charge is 0.417 e. The lowest BCUT2D eigenvalue weighted by molar-refractivity contribution is -0.137. The quantitative estimate of drug-likeness (QED) is 0.373. The summed E-state index contributed by atoms with van der Waals surface area (Å²) in [6.07, 6.45) is -0.242. The van der Waals surface area contributed by atoms with Crippen LogP contribution < -0.4 is 5.32 Å². The van der Waals surface area contributed by atoms with E-state index in [1.165, 1.54) is 36.5 Å². The van der Waals surface area contributed by atoms with Crippen LogP contribution in [0.2, 0.25) is 5.02 Å². The molecule has 0 bridgehead atoms. The summed E-state index contributed by atoms with van der Waals surface area (Å²) in [5, 5.41) is 3.35. The monoisotopic (exact) mass is 505 g/mol. The van der Waals surface area contributed by atoms with Gasteiger partial charge in [0.2, 0.25) is 0 Å². The highest BCUT2D eigenvalue weighted by atomic mass is 35.5. The maximum Gasteiger partial charge on any atom is 0.417 e. The predicted molar refractivity (Wildman–Crippen MR) is 128 cm³/mol. The molecule has 184 valence electrons. The number of aromatic nitrogens is 1. The molecule has 1 N–H and O–H groups in total. The summed E-state index contributed by atoms with van der Waals surface area (Å²) in [6.45, 7) is 1.46. The third-order valence-electron chi connectivity index (χ3n) is 6.03. The number of likely N-dealkylation sites (tertiary alicyclic amines) is 1. The lowest BCUT2D eigenvalue weighted by Crippen LogP contribution is -2.35. The van der Waals surface area contributed by atoms with Gasteiger partial charge in [0.1, 0.15) is 11.6 Å². The van der Waals surface area contributed by atoms with E-state index in [2.05, 4.69) is 10.3 Å². The highest BCUT2D eigenvalue weighted by molar-refractivity contribution is 6.31. The number of nitrogens with one attached hydrogen (secondary N) is 1. The highest BCUT2D eigenvalue weighted by Crippen LogP contribution is 2.38. The van der Waals surface area contributed by atoms with E-state index in [1.807, 2.05) is 0 Å². The van der Waals surface area contributed by atoms with Crippen molar-refractivity contribution in [1.29, 1.82) is 0 Å². The van der Waals surface area contributed by atoms with Crippen molar-refractivity contribution in [3.63, 3.8) is 0 Å². The lowest BCUT2D eigenvalue weighted by Gasteiger charge is -2.27. The number of hydrogen-bond acceptors (Lipinski definition) is 3. The summed E-state index contributed by atoms with van der Waals surface area (Å²) in [5.74, 6) is -0.342. The number of rotatable bonds is 6. The number of nitrogens with zero attached hydrogens (tertiary/aromatic N) is 2. The Morgan fingerprint density at radius 2 is 1.83 bits per heavy atom. The standard InChI is InChI=1S/C26H24ClF4N3O/c27-22-5-4-6-23(28)20(22)11-12-32-24-10-8-18(16-33-24)19-9-7-17(15-21(19)26(29,30)31)25(35)34-13-2-1-3-14-34/h4-10,15-16H,1-3,11-14H2,(H,32,33). The molecule has 2 aromatic carbocycles. The van der Waals surface area contributed by atoms with Gasteiger partial charge < -0.3 is 10.2 Å². The van der Waals surface area contributed by atoms with Gasteiger partial charge in [0.05, 0.1) is 5.56 Å². The lowest BCUT2D eigenvalue weighted by atomic mass is 9.97. The average molecular weight is 506 g/mol. The minimum atomic E-state index is -4.64. The molecule has 0 atom stereocenters. The second-order valence-electron chi connectivity index (χ2n) is 8.42. The van der Waals surface area contributed by atoms with Crippen LogP contribution in [0.3, 0.4) is 0 Å². The number of anilines is 1. The summed E-state index contributed by atoms with van der Waals surface area (Å²) < 4.78 is 55.6. The fraction of sp³-hybridized carbons (Fsp3) is 0.308. The van der Waals surface area contributed by atoms with E-state index in [-0.39, 0.29) is 22.6 Å². The van der Waals surface area contributed by atoms with Gasteiger partial charge in [0, 0.05) is 47.5 Å². The third-order valence-corrected chi connectivity index (χ3v) is 6.39. The smallest absolute Gasteiger partial charge is 0.370 e. The zero-order valence-corrected chi connectivity index (χ0v) is 19.6. The van der Waals surface area contributed by atoms with Crippen LogP contribution in [-0.4, -0.2) is 35.4 Å². The average Bonchev–Trinajstić information content (AvgIpc) is 2.85. The Morgan fingerprint density at radius 3 is 2.49 bits per heavy atom. The summed E-state index contributed by atoms with van der Waals surface area (Å²) in [6, 6.07) is 11.2. The number of hydrogen-bond donors (Lipinski definition) is 1. The first-order valence-electron chi connectivity index (χ1n) is 11.4. The van der Waals surface area contributed by atoms with Crippen molar-refractivity contribution in [2.45, 2.75) is 31.9 Å². The Bertz CT molecular complexity index is 1170. The molecular formula is C26H24ClF4N3O. The number of carbonyl (C=O) groups excluding carboxylic acids is 1. The van der Waals surface area contributed by atoms with Crippen LogP contribution in [0.5, 0.6) is 0 Å². The SMILES string of the molecule is O=C(c1ccc(-c2ccc(NCCc3c(F)cccc3Cl)nc2)c(C(F)(F)F)c1)N1CCCCC1. The van der Waals surface area contributed by atoms with Crippen molar-refractivity contribution in [3.05, 3.63) is 82.3 Å². The Kier molecular flexibility index (Phi) is 7.60. The molecule has 1 aromatic heterocycles. The number of pyridine rings is 1. The normalized spacial score (nSPS) is 14.1. The summed E-state index contributed by atoms with van der Waals surface area (Å²) in [7, 11) is 0. The topological polar surface area (TPSA) is 45.2 Å². The molecule has 9 heteroatoms. The van der Waals surface area contributed by atoms with E-state index in [0.717, 1.165) is 25.3 Å². The fourth-order valence-corrected chi connectivity index (χ4v) is 4.45. The first-order valence-corrected chi connectivity index (χ1v) is 11.8. The molecule has 2 heterocycles. The Labute approximate surface area is 205 Å². The van der Waals surface area contributed by atoms with Crippen molar-refractivity contribution in [3.8, 4) is 11.1 Å². The maximum atomic E-state index is 13.9. The van der Waals surface area contributed by atoms with Crippen LogP contribution in [0, 0.1) is 5.82 Å². The Morgan fingerprint density at radius 1 is 1.06 bits per heavy atom. The van der Waals surface area contributed by atoms with Gasteiger partial charge in [-0.15, -0.1) is 0 Å². The molecule has 3 aromatic rings. The number of alkyl halides is 3. The van der Waals surface area contributed by atoms with Crippen LogP contribution in [0.25, 0.3) is 11.1 Å². The van der Waals surface area contributed by atoms with Crippen LogP contribution in [0.15, 0.2) is 54.7 Å². The second-order valence-corrected chi connectivity index (χ2v) is 8.83. The molecule has 0 saturated carbocycles. The first-order chi connectivity index (χ1) is 16.7. The molecule has 0 aliphatic carbocycles. The maximum absolute atomic E-state index is 13.9. The summed E-state index contributed by atoms with van der Waals surface area (Å²) >= 11 is 6.03. The van der Waals surface area contributed by atoms with Crippen molar-refractivity contribution in [2.24, 2.45) is 0 Å². The Hall–Kier alpha value is -3.13. The first kappa shape index (κ1) is 25.0.